The van der Waals surface area contributed by atoms with Gasteiger partial charge in [0.05, 0.1) is 13.2 Å². The van der Waals surface area contributed by atoms with E-state index in [2.05, 4.69) is 0 Å². The van der Waals surface area contributed by atoms with Gasteiger partial charge < -0.3 is 4.74 Å². The second-order valence-electron chi connectivity index (χ2n) is 3.27. The Morgan fingerprint density at radius 3 is 2.67 bits per heavy atom. The summed E-state index contributed by atoms with van der Waals surface area (Å²) in [5.41, 5.74) is 0.535. The number of carbonyl (C=O) groups excluding carboxylic acids is 2. The molecule has 0 atom stereocenters. The predicted octanol–water partition coefficient (Wildman–Crippen LogP) is 0.686. The van der Waals surface area contributed by atoms with Gasteiger partial charge in [-0.1, -0.05) is 18.2 Å². The lowest BCUT2D eigenvalue weighted by molar-refractivity contribution is -0.139. The van der Waals surface area contributed by atoms with Crippen LogP contribution in [0.1, 0.15) is 10.4 Å². The van der Waals surface area contributed by atoms with E-state index in [9.17, 15) is 9.59 Å². The van der Waals surface area contributed by atoms with Crippen molar-refractivity contribution >= 4 is 11.8 Å². The molecule has 1 aromatic rings. The summed E-state index contributed by atoms with van der Waals surface area (Å²) >= 11 is 0. The summed E-state index contributed by atoms with van der Waals surface area (Å²) in [7, 11) is 0. The molecule has 4 heteroatoms. The van der Waals surface area contributed by atoms with Gasteiger partial charge in [-0.25, -0.2) is 0 Å². The van der Waals surface area contributed by atoms with Crippen LogP contribution < -0.4 is 0 Å². The molecular formula is C11H11NO3. The highest BCUT2D eigenvalue weighted by atomic mass is 16.5. The molecule has 1 aromatic carbocycles. The molecule has 0 bridgehead atoms. The Bertz CT molecular complexity index is 375. The minimum absolute atomic E-state index is 0.00142. The largest absolute Gasteiger partial charge is 0.370 e. The Labute approximate surface area is 87.4 Å². The minimum atomic E-state index is -0.268. The van der Waals surface area contributed by atoms with Gasteiger partial charge in [-0.2, -0.15) is 0 Å². The molecular weight excluding hydrogens is 194 g/mol. The van der Waals surface area contributed by atoms with Crippen LogP contribution in [-0.4, -0.2) is 36.5 Å². The normalized spacial score (nSPS) is 16.5. The highest BCUT2D eigenvalue weighted by molar-refractivity contribution is 6.05. The van der Waals surface area contributed by atoms with Crippen molar-refractivity contribution in [1.29, 1.82) is 0 Å². The Balaban J connectivity index is 2.17. The van der Waals surface area contributed by atoms with Crippen molar-refractivity contribution in [2.45, 2.75) is 0 Å². The van der Waals surface area contributed by atoms with Gasteiger partial charge in [-0.05, 0) is 12.1 Å². The third kappa shape index (κ3) is 2.05. The third-order valence-electron chi connectivity index (χ3n) is 2.25. The molecule has 2 rings (SSSR count). The maximum Gasteiger partial charge on any atom is 0.260 e. The number of carbonyl (C=O) groups is 2. The van der Waals surface area contributed by atoms with Gasteiger partial charge in [0.25, 0.3) is 11.8 Å². The van der Waals surface area contributed by atoms with E-state index in [1.807, 2.05) is 6.07 Å². The van der Waals surface area contributed by atoms with Gasteiger partial charge in [-0.3, -0.25) is 14.5 Å². The van der Waals surface area contributed by atoms with Gasteiger partial charge in [0.1, 0.15) is 6.61 Å². The zero-order valence-electron chi connectivity index (χ0n) is 8.18. The van der Waals surface area contributed by atoms with Crippen molar-refractivity contribution in [3.63, 3.8) is 0 Å². The van der Waals surface area contributed by atoms with E-state index >= 15 is 0 Å². The quantitative estimate of drug-likeness (QED) is 0.633. The van der Waals surface area contributed by atoms with Gasteiger partial charge in [0, 0.05) is 5.56 Å². The number of imide groups is 1. The van der Waals surface area contributed by atoms with Crippen LogP contribution in [0.2, 0.25) is 0 Å². The van der Waals surface area contributed by atoms with Crippen LogP contribution in [0, 0.1) is 0 Å². The van der Waals surface area contributed by atoms with Crippen molar-refractivity contribution in [2.75, 3.05) is 19.8 Å². The molecule has 1 aliphatic rings. The summed E-state index contributed by atoms with van der Waals surface area (Å²) in [4.78, 5) is 24.5. The van der Waals surface area contributed by atoms with E-state index in [-0.39, 0.29) is 18.4 Å². The molecule has 1 aliphatic heterocycles. The van der Waals surface area contributed by atoms with Gasteiger partial charge >= 0.3 is 0 Å². The summed E-state index contributed by atoms with van der Waals surface area (Å²) in [6.45, 7) is 0.759. The molecule has 0 radical (unpaired) electrons. The van der Waals surface area contributed by atoms with Crippen LogP contribution in [0.3, 0.4) is 0 Å². The van der Waals surface area contributed by atoms with Crippen molar-refractivity contribution < 1.29 is 14.3 Å². The first-order valence-corrected chi connectivity index (χ1v) is 4.76. The maximum absolute atomic E-state index is 11.9. The molecule has 0 aromatic heterocycles. The SMILES string of the molecule is O=C1COCCN1C(=O)c1ccccc1. The van der Waals surface area contributed by atoms with Crippen molar-refractivity contribution in [3.05, 3.63) is 35.9 Å². The van der Waals surface area contributed by atoms with Crippen LogP contribution in [0.15, 0.2) is 30.3 Å². The molecule has 1 heterocycles. The number of ether oxygens (including phenoxy) is 1. The first-order valence-electron chi connectivity index (χ1n) is 4.76. The predicted molar refractivity (Wildman–Crippen MR) is 53.3 cm³/mol. The number of hydrogen-bond acceptors (Lipinski definition) is 3. The van der Waals surface area contributed by atoms with Gasteiger partial charge in [0.15, 0.2) is 0 Å². The van der Waals surface area contributed by atoms with Crippen LogP contribution in [-0.2, 0) is 9.53 Å². The molecule has 0 spiro atoms. The number of amides is 2. The molecule has 0 unspecified atom stereocenters. The summed E-state index contributed by atoms with van der Waals surface area (Å²) in [5, 5.41) is 0. The fraction of sp³-hybridized carbons (Fsp3) is 0.273. The van der Waals surface area contributed by atoms with Crippen molar-refractivity contribution in [2.24, 2.45) is 0 Å². The van der Waals surface area contributed by atoms with E-state index in [1.165, 1.54) is 4.90 Å². The highest BCUT2D eigenvalue weighted by Gasteiger charge is 2.25. The molecule has 0 saturated carbocycles. The standard InChI is InChI=1S/C11H11NO3/c13-10-8-15-7-6-12(10)11(14)9-4-2-1-3-5-9/h1-5H,6-8H2. The first-order chi connectivity index (χ1) is 7.29. The van der Waals surface area contributed by atoms with E-state index in [4.69, 9.17) is 4.74 Å². The number of rotatable bonds is 1. The monoisotopic (exact) mass is 205 g/mol. The molecule has 15 heavy (non-hydrogen) atoms. The van der Waals surface area contributed by atoms with E-state index in [1.54, 1.807) is 24.3 Å². The second kappa shape index (κ2) is 4.23. The Hall–Kier alpha value is -1.68. The lowest BCUT2D eigenvalue weighted by Gasteiger charge is -2.24. The van der Waals surface area contributed by atoms with E-state index in [0.717, 1.165) is 0 Å². The van der Waals surface area contributed by atoms with Crippen LogP contribution in [0.4, 0.5) is 0 Å². The number of hydrogen-bond donors (Lipinski definition) is 0. The molecule has 4 nitrogen and oxygen atoms in total. The summed E-state index contributed by atoms with van der Waals surface area (Å²) < 4.78 is 4.95. The minimum Gasteiger partial charge on any atom is -0.370 e. The fourth-order valence-electron chi connectivity index (χ4n) is 1.47. The van der Waals surface area contributed by atoms with Crippen LogP contribution in [0.25, 0.3) is 0 Å². The Kier molecular flexibility index (Phi) is 2.78. The lowest BCUT2D eigenvalue weighted by Crippen LogP contribution is -2.45. The molecule has 78 valence electrons. The van der Waals surface area contributed by atoms with Gasteiger partial charge in [0.2, 0.25) is 0 Å². The third-order valence-corrected chi connectivity index (χ3v) is 2.25. The second-order valence-corrected chi connectivity index (χ2v) is 3.27. The Morgan fingerprint density at radius 2 is 2.00 bits per heavy atom. The molecule has 1 fully saturated rings. The summed E-state index contributed by atoms with van der Waals surface area (Å²) in [6.07, 6.45) is 0. The summed E-state index contributed by atoms with van der Waals surface area (Å²) in [6, 6.07) is 8.78. The number of morpholine rings is 1. The molecule has 1 saturated heterocycles. The van der Waals surface area contributed by atoms with Crippen molar-refractivity contribution in [1.82, 2.24) is 4.90 Å². The molecule has 2 amide bonds. The lowest BCUT2D eigenvalue weighted by atomic mass is 10.2. The highest BCUT2D eigenvalue weighted by Crippen LogP contribution is 2.07. The fourth-order valence-corrected chi connectivity index (χ4v) is 1.47. The van der Waals surface area contributed by atoms with E-state index < -0.39 is 0 Å². The Morgan fingerprint density at radius 1 is 1.27 bits per heavy atom. The van der Waals surface area contributed by atoms with Crippen LogP contribution in [0.5, 0.6) is 0 Å². The van der Waals surface area contributed by atoms with Gasteiger partial charge in [-0.15, -0.1) is 0 Å². The zero-order chi connectivity index (χ0) is 10.7. The van der Waals surface area contributed by atoms with Crippen LogP contribution >= 0.6 is 0 Å². The average molecular weight is 205 g/mol. The van der Waals surface area contributed by atoms with E-state index in [0.29, 0.717) is 18.7 Å². The van der Waals surface area contributed by atoms with Crippen molar-refractivity contribution in [3.8, 4) is 0 Å². The summed E-state index contributed by atoms with van der Waals surface area (Å²) in [5.74, 6) is -0.515. The smallest absolute Gasteiger partial charge is 0.260 e. The first kappa shape index (κ1) is 9.86. The topological polar surface area (TPSA) is 46.6 Å². The number of benzene rings is 1. The maximum atomic E-state index is 11.9. The number of nitrogens with zero attached hydrogens (tertiary/aromatic N) is 1. The molecule has 0 N–H and O–H groups in total. The zero-order valence-corrected chi connectivity index (χ0v) is 8.18. The molecule has 0 aliphatic carbocycles. The average Bonchev–Trinajstić information content (AvgIpc) is 2.30.